The summed E-state index contributed by atoms with van der Waals surface area (Å²) in [5, 5.41) is 3.36. The van der Waals surface area contributed by atoms with E-state index in [1.165, 1.54) is 11.3 Å². The minimum atomic E-state index is -0.223. The fraction of sp³-hybridized carbons (Fsp3) is 0.125. The van der Waals surface area contributed by atoms with Crippen LogP contribution >= 0.6 is 27.3 Å². The number of nitrogens with one attached hydrogen (secondary N) is 1. The van der Waals surface area contributed by atoms with Gasteiger partial charge in [0.25, 0.3) is 5.91 Å². The van der Waals surface area contributed by atoms with Crippen LogP contribution in [-0.4, -0.2) is 25.1 Å². The molecule has 0 aliphatic heterocycles. The van der Waals surface area contributed by atoms with E-state index < -0.39 is 0 Å². The number of fused-ring (bicyclic) bond motifs is 1. The molecule has 1 aromatic heterocycles. The molecule has 0 saturated carbocycles. The largest absolute Gasteiger partial charge is 0.497 e. The van der Waals surface area contributed by atoms with Crippen molar-refractivity contribution < 1.29 is 14.3 Å². The second kappa shape index (κ2) is 6.55. The zero-order chi connectivity index (χ0) is 16.4. The van der Waals surface area contributed by atoms with E-state index in [1.807, 2.05) is 18.2 Å². The molecule has 0 spiro atoms. The molecule has 2 aromatic carbocycles. The molecule has 118 valence electrons. The number of benzene rings is 2. The lowest BCUT2D eigenvalue weighted by molar-refractivity contribution is 0.102. The lowest BCUT2D eigenvalue weighted by Gasteiger charge is -2.05. The number of hydrogen-bond donors (Lipinski definition) is 1. The zero-order valence-electron chi connectivity index (χ0n) is 12.4. The van der Waals surface area contributed by atoms with E-state index in [9.17, 15) is 4.79 Å². The van der Waals surface area contributed by atoms with Gasteiger partial charge in [-0.2, -0.15) is 0 Å². The Kier molecular flexibility index (Phi) is 4.49. The molecule has 5 nitrogen and oxygen atoms in total. The van der Waals surface area contributed by atoms with Crippen LogP contribution in [0.2, 0.25) is 0 Å². The number of ether oxygens (including phenoxy) is 2. The topological polar surface area (TPSA) is 60.5 Å². The second-order valence-corrected chi connectivity index (χ2v) is 6.54. The fourth-order valence-electron chi connectivity index (χ4n) is 2.06. The van der Waals surface area contributed by atoms with Gasteiger partial charge in [-0.3, -0.25) is 10.1 Å². The van der Waals surface area contributed by atoms with Crippen LogP contribution < -0.4 is 14.8 Å². The Balaban J connectivity index is 1.83. The molecule has 0 unspecified atom stereocenters. The maximum absolute atomic E-state index is 12.3. The Morgan fingerprint density at radius 1 is 1.17 bits per heavy atom. The van der Waals surface area contributed by atoms with E-state index >= 15 is 0 Å². The molecule has 1 heterocycles. The molecule has 1 amide bonds. The summed E-state index contributed by atoms with van der Waals surface area (Å²) in [4.78, 5) is 16.7. The highest BCUT2D eigenvalue weighted by Gasteiger charge is 2.12. The summed E-state index contributed by atoms with van der Waals surface area (Å²) in [7, 11) is 3.20. The molecule has 7 heteroatoms. The summed E-state index contributed by atoms with van der Waals surface area (Å²) in [6, 6.07) is 10.8. The molecule has 0 aliphatic carbocycles. The third-order valence-electron chi connectivity index (χ3n) is 3.23. The molecule has 0 bridgehead atoms. The van der Waals surface area contributed by atoms with Crippen LogP contribution in [0.15, 0.2) is 40.9 Å². The predicted octanol–water partition coefficient (Wildman–Crippen LogP) is 4.33. The van der Waals surface area contributed by atoms with Crippen molar-refractivity contribution in [1.82, 2.24) is 4.98 Å². The van der Waals surface area contributed by atoms with Gasteiger partial charge in [-0.1, -0.05) is 11.3 Å². The Morgan fingerprint density at radius 3 is 2.70 bits per heavy atom. The van der Waals surface area contributed by atoms with Crippen LogP contribution in [0, 0.1) is 0 Å². The molecule has 0 radical (unpaired) electrons. The van der Waals surface area contributed by atoms with Gasteiger partial charge in [0.05, 0.1) is 28.9 Å². The van der Waals surface area contributed by atoms with Crippen LogP contribution in [0.25, 0.3) is 10.2 Å². The smallest absolute Gasteiger partial charge is 0.257 e. The van der Waals surface area contributed by atoms with E-state index in [0.717, 1.165) is 20.4 Å². The minimum Gasteiger partial charge on any atom is -0.497 e. The van der Waals surface area contributed by atoms with Gasteiger partial charge in [0, 0.05) is 5.56 Å². The van der Waals surface area contributed by atoms with Gasteiger partial charge < -0.3 is 9.47 Å². The van der Waals surface area contributed by atoms with E-state index in [4.69, 9.17) is 9.47 Å². The molecule has 1 N–H and O–H groups in total. The number of methoxy groups -OCH3 is 2. The first-order valence-electron chi connectivity index (χ1n) is 6.70. The Morgan fingerprint density at radius 2 is 2.00 bits per heavy atom. The first-order valence-corrected chi connectivity index (χ1v) is 8.31. The van der Waals surface area contributed by atoms with E-state index in [0.29, 0.717) is 16.4 Å². The molecular weight excluding hydrogens is 380 g/mol. The van der Waals surface area contributed by atoms with Crippen LogP contribution in [-0.2, 0) is 0 Å². The zero-order valence-corrected chi connectivity index (χ0v) is 14.8. The quantitative estimate of drug-likeness (QED) is 0.717. The summed E-state index contributed by atoms with van der Waals surface area (Å²) >= 11 is 4.78. The summed E-state index contributed by atoms with van der Waals surface area (Å²) < 4.78 is 12.0. The van der Waals surface area contributed by atoms with Crippen molar-refractivity contribution in [3.8, 4) is 11.5 Å². The standard InChI is InChI=1S/C16H13BrN2O3S/c1-21-10-4-5-12-14(8-10)23-16(18-12)19-15(20)9-3-6-13(22-2)11(17)7-9/h3-8H,1-2H3,(H,18,19,20). The Bertz CT molecular complexity index is 879. The number of halogens is 1. The molecule has 0 atom stereocenters. The number of amides is 1. The molecule has 3 rings (SSSR count). The van der Waals surface area contributed by atoms with Crippen molar-refractivity contribution in [3.63, 3.8) is 0 Å². The molecule has 3 aromatic rings. The van der Waals surface area contributed by atoms with Gasteiger partial charge in [0.15, 0.2) is 5.13 Å². The third-order valence-corrected chi connectivity index (χ3v) is 4.78. The van der Waals surface area contributed by atoms with Crippen molar-refractivity contribution in [2.75, 3.05) is 19.5 Å². The number of nitrogens with zero attached hydrogens (tertiary/aromatic N) is 1. The molecular formula is C16H13BrN2O3S. The molecule has 0 saturated heterocycles. The van der Waals surface area contributed by atoms with Crippen molar-refractivity contribution in [3.05, 3.63) is 46.4 Å². The van der Waals surface area contributed by atoms with Gasteiger partial charge in [0.2, 0.25) is 0 Å². The maximum Gasteiger partial charge on any atom is 0.257 e. The van der Waals surface area contributed by atoms with Crippen LogP contribution in [0.5, 0.6) is 11.5 Å². The molecule has 0 aliphatic rings. The SMILES string of the molecule is COc1ccc2nc(NC(=O)c3ccc(OC)c(Br)c3)sc2c1. The molecule has 0 fully saturated rings. The summed E-state index contributed by atoms with van der Waals surface area (Å²) in [5.41, 5.74) is 1.34. The Labute approximate surface area is 145 Å². The van der Waals surface area contributed by atoms with E-state index in [1.54, 1.807) is 32.4 Å². The number of carbonyl (C=O) groups excluding carboxylic acids is 1. The van der Waals surface area contributed by atoms with E-state index in [2.05, 4.69) is 26.2 Å². The highest BCUT2D eigenvalue weighted by molar-refractivity contribution is 9.10. The number of aromatic nitrogens is 1. The number of anilines is 1. The van der Waals surface area contributed by atoms with Crippen molar-refractivity contribution in [2.24, 2.45) is 0 Å². The monoisotopic (exact) mass is 392 g/mol. The van der Waals surface area contributed by atoms with Crippen molar-refractivity contribution in [1.29, 1.82) is 0 Å². The normalized spacial score (nSPS) is 10.6. The lowest BCUT2D eigenvalue weighted by Crippen LogP contribution is -2.11. The van der Waals surface area contributed by atoms with Crippen LogP contribution in [0.1, 0.15) is 10.4 Å². The number of thiazole rings is 1. The number of hydrogen-bond acceptors (Lipinski definition) is 5. The second-order valence-electron chi connectivity index (χ2n) is 4.66. The minimum absolute atomic E-state index is 0.223. The van der Waals surface area contributed by atoms with Gasteiger partial charge in [-0.25, -0.2) is 4.98 Å². The lowest BCUT2D eigenvalue weighted by atomic mass is 10.2. The van der Waals surface area contributed by atoms with Crippen molar-refractivity contribution in [2.45, 2.75) is 0 Å². The number of carbonyl (C=O) groups is 1. The van der Waals surface area contributed by atoms with Gasteiger partial charge in [-0.15, -0.1) is 0 Å². The maximum atomic E-state index is 12.3. The highest BCUT2D eigenvalue weighted by Crippen LogP contribution is 2.30. The first kappa shape index (κ1) is 15.8. The fourth-order valence-corrected chi connectivity index (χ4v) is 3.49. The average molecular weight is 393 g/mol. The number of rotatable bonds is 4. The summed E-state index contributed by atoms with van der Waals surface area (Å²) in [6.45, 7) is 0. The Hall–Kier alpha value is -2.12. The molecule has 23 heavy (non-hydrogen) atoms. The van der Waals surface area contributed by atoms with Crippen LogP contribution in [0.4, 0.5) is 5.13 Å². The van der Waals surface area contributed by atoms with Crippen LogP contribution in [0.3, 0.4) is 0 Å². The van der Waals surface area contributed by atoms with E-state index in [-0.39, 0.29) is 5.91 Å². The predicted molar refractivity (Wildman–Crippen MR) is 94.8 cm³/mol. The third kappa shape index (κ3) is 3.30. The average Bonchev–Trinajstić information content (AvgIpc) is 2.95. The van der Waals surface area contributed by atoms with Crippen molar-refractivity contribution >= 4 is 48.5 Å². The van der Waals surface area contributed by atoms with Gasteiger partial charge in [-0.05, 0) is 52.3 Å². The summed E-state index contributed by atoms with van der Waals surface area (Å²) in [6.07, 6.45) is 0. The first-order chi connectivity index (χ1) is 11.1. The highest BCUT2D eigenvalue weighted by atomic mass is 79.9. The van der Waals surface area contributed by atoms with Gasteiger partial charge in [0.1, 0.15) is 11.5 Å². The summed E-state index contributed by atoms with van der Waals surface area (Å²) in [5.74, 6) is 1.21. The van der Waals surface area contributed by atoms with Gasteiger partial charge >= 0.3 is 0 Å².